The zero-order chi connectivity index (χ0) is 13.4. The van der Waals surface area contributed by atoms with E-state index in [-0.39, 0.29) is 0 Å². The van der Waals surface area contributed by atoms with Gasteiger partial charge in [0.2, 0.25) is 0 Å². The number of thioether (sulfide) groups is 1. The van der Waals surface area contributed by atoms with Gasteiger partial charge in [0.25, 0.3) is 0 Å². The molecule has 18 heavy (non-hydrogen) atoms. The molecule has 0 aromatic carbocycles. The molecule has 0 bridgehead atoms. The molecule has 0 spiro atoms. The molecule has 1 rings (SSSR count). The normalized spacial score (nSPS) is 11.8. The molecular formula is C14H24N2S2. The fraction of sp³-hybridized carbons (Fsp3) is 0.714. The van der Waals surface area contributed by atoms with E-state index in [0.29, 0.717) is 5.41 Å². The van der Waals surface area contributed by atoms with E-state index in [1.54, 1.807) is 11.8 Å². The second kappa shape index (κ2) is 8.05. The van der Waals surface area contributed by atoms with Gasteiger partial charge in [0.1, 0.15) is 0 Å². The molecule has 0 unspecified atom stereocenters. The van der Waals surface area contributed by atoms with E-state index < -0.39 is 0 Å². The molecule has 0 aliphatic rings. The summed E-state index contributed by atoms with van der Waals surface area (Å²) in [5, 5.41) is 0.897. The lowest BCUT2D eigenvalue weighted by atomic mass is 9.83. The number of hydrogen-bond acceptors (Lipinski definition) is 4. The third kappa shape index (κ3) is 4.81. The van der Waals surface area contributed by atoms with Crippen molar-refractivity contribution < 1.29 is 0 Å². The van der Waals surface area contributed by atoms with Gasteiger partial charge in [-0.3, -0.25) is 0 Å². The van der Waals surface area contributed by atoms with E-state index in [1.165, 1.54) is 25.7 Å². The maximum atomic E-state index is 4.58. The predicted octanol–water partition coefficient (Wildman–Crippen LogP) is 4.39. The molecule has 0 radical (unpaired) electrons. The van der Waals surface area contributed by atoms with Crippen molar-refractivity contribution in [3.63, 3.8) is 0 Å². The highest BCUT2D eigenvalue weighted by Crippen LogP contribution is 2.36. The number of aromatic nitrogens is 2. The van der Waals surface area contributed by atoms with Crippen LogP contribution in [0.3, 0.4) is 0 Å². The summed E-state index contributed by atoms with van der Waals surface area (Å²) in [6, 6.07) is 1.94. The largest absolute Gasteiger partial charge is 0.231 e. The van der Waals surface area contributed by atoms with Gasteiger partial charge in [0, 0.05) is 17.6 Å². The van der Waals surface area contributed by atoms with E-state index in [9.17, 15) is 0 Å². The van der Waals surface area contributed by atoms with Gasteiger partial charge in [0.15, 0.2) is 5.16 Å². The zero-order valence-corrected chi connectivity index (χ0v) is 13.4. The van der Waals surface area contributed by atoms with Gasteiger partial charge < -0.3 is 0 Å². The molecule has 0 aliphatic heterocycles. The van der Waals surface area contributed by atoms with Crippen molar-refractivity contribution in [3.8, 4) is 0 Å². The third-order valence-corrected chi connectivity index (χ3v) is 5.06. The van der Waals surface area contributed by atoms with Crippen LogP contribution in [-0.4, -0.2) is 21.5 Å². The summed E-state index contributed by atoms with van der Waals surface area (Å²) in [6.45, 7) is 6.51. The maximum absolute atomic E-state index is 4.58. The Hall–Kier alpha value is -0.220. The number of hydrogen-bond donors (Lipinski definition) is 1. The SMILES string of the molecule is CCCC(CS)(CCC)CSc1nccc(C)n1. The molecular weight excluding hydrogens is 260 g/mol. The molecule has 2 nitrogen and oxygen atoms in total. The Labute approximate surface area is 121 Å². The Kier molecular flexibility index (Phi) is 7.08. The Bertz CT molecular complexity index is 349. The minimum absolute atomic E-state index is 0.338. The predicted molar refractivity (Wildman–Crippen MR) is 83.6 cm³/mol. The Morgan fingerprint density at radius 1 is 1.28 bits per heavy atom. The van der Waals surface area contributed by atoms with E-state index in [4.69, 9.17) is 0 Å². The number of nitrogens with zero attached hydrogens (tertiary/aromatic N) is 2. The van der Waals surface area contributed by atoms with Crippen LogP contribution in [0.25, 0.3) is 0 Å². The Morgan fingerprint density at radius 3 is 2.44 bits per heavy atom. The average molecular weight is 284 g/mol. The Balaban J connectivity index is 2.66. The first-order chi connectivity index (χ1) is 8.65. The maximum Gasteiger partial charge on any atom is 0.187 e. The van der Waals surface area contributed by atoms with E-state index in [0.717, 1.165) is 22.4 Å². The van der Waals surface area contributed by atoms with Gasteiger partial charge in [-0.15, -0.1) is 0 Å². The van der Waals surface area contributed by atoms with Crippen molar-refractivity contribution in [3.05, 3.63) is 18.0 Å². The summed E-state index contributed by atoms with van der Waals surface area (Å²) >= 11 is 6.36. The summed E-state index contributed by atoms with van der Waals surface area (Å²) in [7, 11) is 0. The Morgan fingerprint density at radius 2 is 1.94 bits per heavy atom. The van der Waals surface area contributed by atoms with Crippen LogP contribution >= 0.6 is 24.4 Å². The van der Waals surface area contributed by atoms with E-state index in [1.807, 2.05) is 19.2 Å². The highest BCUT2D eigenvalue weighted by molar-refractivity contribution is 7.99. The molecule has 0 saturated heterocycles. The highest BCUT2D eigenvalue weighted by atomic mass is 32.2. The summed E-state index contributed by atoms with van der Waals surface area (Å²) in [6.07, 6.45) is 6.75. The topological polar surface area (TPSA) is 25.8 Å². The molecule has 0 N–H and O–H groups in total. The van der Waals surface area contributed by atoms with Crippen LogP contribution in [0.2, 0.25) is 0 Å². The zero-order valence-electron chi connectivity index (χ0n) is 11.6. The van der Waals surface area contributed by atoms with Crippen LogP contribution in [0.5, 0.6) is 0 Å². The van der Waals surface area contributed by atoms with Crippen LogP contribution in [0.1, 0.15) is 45.2 Å². The summed E-state index contributed by atoms with van der Waals surface area (Å²) in [4.78, 5) is 8.78. The van der Waals surface area contributed by atoms with Gasteiger partial charge in [-0.1, -0.05) is 38.5 Å². The van der Waals surface area contributed by atoms with Crippen LogP contribution in [-0.2, 0) is 0 Å². The molecule has 0 amide bonds. The van der Waals surface area contributed by atoms with Gasteiger partial charge in [-0.05, 0) is 37.0 Å². The molecule has 0 atom stereocenters. The first kappa shape index (κ1) is 15.8. The lowest BCUT2D eigenvalue weighted by molar-refractivity contribution is 0.318. The summed E-state index contributed by atoms with van der Waals surface area (Å²) in [5.74, 6) is 2.02. The first-order valence-corrected chi connectivity index (χ1v) is 8.31. The monoisotopic (exact) mass is 284 g/mol. The van der Waals surface area contributed by atoms with Crippen molar-refractivity contribution >= 4 is 24.4 Å². The van der Waals surface area contributed by atoms with Crippen molar-refractivity contribution in [2.45, 2.75) is 51.6 Å². The summed E-state index contributed by atoms with van der Waals surface area (Å²) in [5.41, 5.74) is 1.37. The van der Waals surface area contributed by atoms with Crippen LogP contribution < -0.4 is 0 Å². The number of rotatable bonds is 8. The van der Waals surface area contributed by atoms with Crippen LogP contribution in [0.15, 0.2) is 17.4 Å². The number of aryl methyl sites for hydroxylation is 1. The molecule has 0 aliphatic carbocycles. The lowest BCUT2D eigenvalue weighted by Crippen LogP contribution is -2.26. The fourth-order valence-corrected chi connectivity index (χ4v) is 4.00. The quantitative estimate of drug-likeness (QED) is 0.435. The van der Waals surface area contributed by atoms with Crippen molar-refractivity contribution in [1.82, 2.24) is 9.97 Å². The molecule has 1 heterocycles. The summed E-state index contributed by atoms with van der Waals surface area (Å²) < 4.78 is 0. The highest BCUT2D eigenvalue weighted by Gasteiger charge is 2.27. The minimum Gasteiger partial charge on any atom is -0.231 e. The average Bonchev–Trinajstić information content (AvgIpc) is 2.37. The minimum atomic E-state index is 0.338. The lowest BCUT2D eigenvalue weighted by Gasteiger charge is -2.31. The molecule has 0 fully saturated rings. The second-order valence-corrected chi connectivity index (χ2v) is 6.19. The van der Waals surface area contributed by atoms with Crippen molar-refractivity contribution in [1.29, 1.82) is 0 Å². The van der Waals surface area contributed by atoms with Gasteiger partial charge in [0.05, 0.1) is 0 Å². The molecule has 0 saturated carbocycles. The standard InChI is InChI=1S/C14H24N2S2/c1-4-7-14(10-17,8-5-2)11-18-13-15-9-6-12(3)16-13/h6,9,17H,4-5,7-8,10-11H2,1-3H3. The van der Waals surface area contributed by atoms with Crippen molar-refractivity contribution in [2.75, 3.05) is 11.5 Å². The fourth-order valence-electron chi connectivity index (χ4n) is 2.25. The third-order valence-electron chi connectivity index (χ3n) is 3.18. The first-order valence-electron chi connectivity index (χ1n) is 6.69. The second-order valence-electron chi connectivity index (χ2n) is 4.93. The van der Waals surface area contributed by atoms with Gasteiger partial charge in [-0.25, -0.2) is 9.97 Å². The van der Waals surface area contributed by atoms with Crippen LogP contribution in [0, 0.1) is 12.3 Å². The molecule has 4 heteroatoms. The van der Waals surface area contributed by atoms with E-state index in [2.05, 4.69) is 36.4 Å². The van der Waals surface area contributed by atoms with Gasteiger partial charge >= 0.3 is 0 Å². The van der Waals surface area contributed by atoms with Crippen LogP contribution in [0.4, 0.5) is 0 Å². The van der Waals surface area contributed by atoms with Crippen molar-refractivity contribution in [2.24, 2.45) is 5.41 Å². The van der Waals surface area contributed by atoms with E-state index >= 15 is 0 Å². The molecule has 102 valence electrons. The smallest absolute Gasteiger partial charge is 0.187 e. The molecule has 1 aromatic heterocycles. The number of thiol groups is 1. The molecule has 1 aromatic rings. The van der Waals surface area contributed by atoms with Gasteiger partial charge in [-0.2, -0.15) is 12.6 Å².